The van der Waals surface area contributed by atoms with Crippen LogP contribution in [0, 0.1) is 0 Å². The molecule has 0 bridgehead atoms. The SMILES string of the molecule is CC[C@H](C)NC(=O)[C@@H](C)N(Cc1c(Cl)cccc1Cl)C(=O)CSCc1ccccc1Cl. The molecule has 8 heteroatoms. The standard InChI is InChI=1S/C23H27Cl3N2O2S/c1-4-15(2)27-23(30)16(3)28(12-18-20(25)10-7-11-21(18)26)22(29)14-31-13-17-8-5-6-9-19(17)24/h5-11,15-16H,4,12-14H2,1-3H3,(H,27,30)/t15-,16+/m0/s1. The summed E-state index contributed by atoms with van der Waals surface area (Å²) in [6.07, 6.45) is 0.802. The summed E-state index contributed by atoms with van der Waals surface area (Å²) in [4.78, 5) is 27.4. The van der Waals surface area contributed by atoms with Crippen LogP contribution in [0.25, 0.3) is 0 Å². The van der Waals surface area contributed by atoms with E-state index in [2.05, 4.69) is 5.32 Å². The zero-order valence-corrected chi connectivity index (χ0v) is 20.9. The molecule has 168 valence electrons. The van der Waals surface area contributed by atoms with Crippen molar-refractivity contribution < 1.29 is 9.59 Å². The number of amides is 2. The second kappa shape index (κ2) is 12.6. The van der Waals surface area contributed by atoms with Gasteiger partial charge in [0, 0.05) is 39.0 Å². The van der Waals surface area contributed by atoms with Crippen LogP contribution < -0.4 is 5.32 Å². The van der Waals surface area contributed by atoms with Gasteiger partial charge in [-0.2, -0.15) is 0 Å². The van der Waals surface area contributed by atoms with Gasteiger partial charge in [0.15, 0.2) is 0 Å². The normalized spacial score (nSPS) is 12.8. The largest absolute Gasteiger partial charge is 0.352 e. The number of carbonyl (C=O) groups excluding carboxylic acids is 2. The van der Waals surface area contributed by atoms with Crippen molar-refractivity contribution >= 4 is 58.4 Å². The highest BCUT2D eigenvalue weighted by molar-refractivity contribution is 7.99. The summed E-state index contributed by atoms with van der Waals surface area (Å²) >= 11 is 20.3. The van der Waals surface area contributed by atoms with Crippen molar-refractivity contribution in [1.29, 1.82) is 0 Å². The Morgan fingerprint density at radius 1 is 1.00 bits per heavy atom. The fourth-order valence-electron chi connectivity index (χ4n) is 2.85. The minimum atomic E-state index is -0.672. The Hall–Kier alpha value is -1.40. The number of halogens is 3. The topological polar surface area (TPSA) is 49.4 Å². The van der Waals surface area contributed by atoms with E-state index in [1.165, 1.54) is 16.7 Å². The molecule has 0 saturated carbocycles. The van der Waals surface area contributed by atoms with Crippen molar-refractivity contribution in [3.05, 3.63) is 68.7 Å². The molecule has 0 fully saturated rings. The lowest BCUT2D eigenvalue weighted by molar-refractivity contribution is -0.138. The van der Waals surface area contributed by atoms with Crippen LogP contribution in [-0.2, 0) is 21.9 Å². The number of hydrogen-bond donors (Lipinski definition) is 1. The molecule has 2 atom stereocenters. The lowest BCUT2D eigenvalue weighted by Crippen LogP contribution is -2.50. The summed E-state index contributed by atoms with van der Waals surface area (Å²) in [5.41, 5.74) is 1.59. The Balaban J connectivity index is 2.16. The van der Waals surface area contributed by atoms with Crippen LogP contribution in [0.2, 0.25) is 15.1 Å². The predicted octanol–water partition coefficient (Wildman–Crippen LogP) is 6.21. The maximum Gasteiger partial charge on any atom is 0.242 e. The fraction of sp³-hybridized carbons (Fsp3) is 0.391. The number of hydrogen-bond acceptors (Lipinski definition) is 3. The number of nitrogens with zero attached hydrogens (tertiary/aromatic N) is 1. The average Bonchev–Trinajstić information content (AvgIpc) is 2.74. The van der Waals surface area contributed by atoms with Gasteiger partial charge in [-0.15, -0.1) is 11.8 Å². The first-order chi connectivity index (χ1) is 14.7. The van der Waals surface area contributed by atoms with Crippen LogP contribution in [0.5, 0.6) is 0 Å². The molecule has 2 rings (SSSR count). The summed E-state index contributed by atoms with van der Waals surface area (Å²) < 4.78 is 0. The third kappa shape index (κ3) is 7.60. The molecule has 0 radical (unpaired) electrons. The summed E-state index contributed by atoms with van der Waals surface area (Å²) in [5, 5.41) is 4.54. The molecule has 0 unspecified atom stereocenters. The Morgan fingerprint density at radius 3 is 2.23 bits per heavy atom. The van der Waals surface area contributed by atoms with Gasteiger partial charge in [0.2, 0.25) is 11.8 Å². The first kappa shape index (κ1) is 25.9. The number of carbonyl (C=O) groups is 2. The second-order valence-electron chi connectivity index (χ2n) is 7.30. The van der Waals surface area contributed by atoms with Crippen LogP contribution in [0.4, 0.5) is 0 Å². The minimum absolute atomic E-state index is 0.0189. The van der Waals surface area contributed by atoms with Gasteiger partial charge in [0.25, 0.3) is 0 Å². The van der Waals surface area contributed by atoms with E-state index in [-0.39, 0.29) is 30.2 Å². The zero-order valence-electron chi connectivity index (χ0n) is 17.8. The Labute approximate surface area is 203 Å². The van der Waals surface area contributed by atoms with E-state index in [0.29, 0.717) is 26.4 Å². The molecular formula is C23H27Cl3N2O2S. The van der Waals surface area contributed by atoms with Gasteiger partial charge < -0.3 is 10.2 Å². The smallest absolute Gasteiger partial charge is 0.242 e. The van der Waals surface area contributed by atoms with E-state index in [0.717, 1.165) is 12.0 Å². The van der Waals surface area contributed by atoms with E-state index in [4.69, 9.17) is 34.8 Å². The number of benzene rings is 2. The van der Waals surface area contributed by atoms with Gasteiger partial charge in [-0.3, -0.25) is 9.59 Å². The molecule has 1 N–H and O–H groups in total. The zero-order chi connectivity index (χ0) is 23.0. The molecule has 2 aromatic carbocycles. The third-order valence-electron chi connectivity index (χ3n) is 5.00. The van der Waals surface area contributed by atoms with Crippen molar-refractivity contribution in [3.63, 3.8) is 0 Å². The lowest BCUT2D eigenvalue weighted by atomic mass is 10.1. The van der Waals surface area contributed by atoms with E-state index in [1.54, 1.807) is 25.1 Å². The number of thioether (sulfide) groups is 1. The second-order valence-corrected chi connectivity index (χ2v) is 9.51. The van der Waals surface area contributed by atoms with Gasteiger partial charge in [-0.1, -0.05) is 66.0 Å². The molecule has 31 heavy (non-hydrogen) atoms. The molecule has 0 saturated heterocycles. The van der Waals surface area contributed by atoms with Crippen molar-refractivity contribution in [2.24, 2.45) is 0 Å². The molecule has 0 aliphatic carbocycles. The van der Waals surface area contributed by atoms with Crippen LogP contribution in [0.1, 0.15) is 38.3 Å². The van der Waals surface area contributed by atoms with Crippen LogP contribution in [-0.4, -0.2) is 34.6 Å². The first-order valence-corrected chi connectivity index (χ1v) is 12.4. The third-order valence-corrected chi connectivity index (χ3v) is 7.04. The predicted molar refractivity (Wildman–Crippen MR) is 132 cm³/mol. The molecule has 0 aliphatic heterocycles. The maximum atomic E-state index is 13.2. The molecule has 0 spiro atoms. The van der Waals surface area contributed by atoms with Gasteiger partial charge in [-0.25, -0.2) is 0 Å². The van der Waals surface area contributed by atoms with E-state index in [1.807, 2.05) is 38.1 Å². The van der Waals surface area contributed by atoms with Crippen molar-refractivity contribution in [1.82, 2.24) is 10.2 Å². The number of nitrogens with one attached hydrogen (secondary N) is 1. The van der Waals surface area contributed by atoms with E-state index >= 15 is 0 Å². The lowest BCUT2D eigenvalue weighted by Gasteiger charge is -2.30. The van der Waals surface area contributed by atoms with Crippen LogP contribution >= 0.6 is 46.6 Å². The van der Waals surface area contributed by atoms with Gasteiger partial charge in [-0.05, 0) is 44.0 Å². The molecule has 4 nitrogen and oxygen atoms in total. The van der Waals surface area contributed by atoms with Crippen molar-refractivity contribution in [2.75, 3.05) is 5.75 Å². The van der Waals surface area contributed by atoms with Crippen molar-refractivity contribution in [3.8, 4) is 0 Å². The molecule has 0 aliphatic rings. The Kier molecular flexibility index (Phi) is 10.5. The van der Waals surface area contributed by atoms with E-state index < -0.39 is 6.04 Å². The average molecular weight is 502 g/mol. The fourth-order valence-corrected chi connectivity index (χ4v) is 4.56. The van der Waals surface area contributed by atoms with Crippen molar-refractivity contribution in [2.45, 2.75) is 51.6 Å². The molecule has 2 aromatic rings. The highest BCUT2D eigenvalue weighted by atomic mass is 35.5. The summed E-state index contributed by atoms with van der Waals surface area (Å²) in [6.45, 7) is 5.80. The minimum Gasteiger partial charge on any atom is -0.352 e. The molecule has 2 amide bonds. The van der Waals surface area contributed by atoms with Gasteiger partial charge in [0.1, 0.15) is 6.04 Å². The highest BCUT2D eigenvalue weighted by Crippen LogP contribution is 2.27. The van der Waals surface area contributed by atoms with E-state index in [9.17, 15) is 9.59 Å². The summed E-state index contributed by atoms with van der Waals surface area (Å²) in [5.74, 6) is 0.426. The van der Waals surface area contributed by atoms with Gasteiger partial charge in [0.05, 0.1) is 5.75 Å². The maximum absolute atomic E-state index is 13.2. The molecule has 0 aromatic heterocycles. The first-order valence-electron chi connectivity index (χ1n) is 10.1. The molecular weight excluding hydrogens is 475 g/mol. The number of rotatable bonds is 10. The summed E-state index contributed by atoms with van der Waals surface area (Å²) in [7, 11) is 0. The summed E-state index contributed by atoms with van der Waals surface area (Å²) in [6, 6.07) is 12.1. The monoisotopic (exact) mass is 500 g/mol. The quantitative estimate of drug-likeness (QED) is 0.421. The van der Waals surface area contributed by atoms with Gasteiger partial charge >= 0.3 is 0 Å². The Bertz CT molecular complexity index is 890. The highest BCUT2D eigenvalue weighted by Gasteiger charge is 2.28. The molecule has 0 heterocycles. The van der Waals surface area contributed by atoms with Crippen LogP contribution in [0.15, 0.2) is 42.5 Å². The van der Waals surface area contributed by atoms with Crippen LogP contribution in [0.3, 0.4) is 0 Å². The Morgan fingerprint density at radius 2 is 1.61 bits per heavy atom.